The second-order valence-electron chi connectivity index (χ2n) is 4.81. The number of imidazole rings is 1. The highest BCUT2D eigenvalue weighted by Gasteiger charge is 2.18. The average molecular weight is 207 g/mol. The Bertz CT molecular complexity index is 328. The molecular formula is C12H21N3. The van der Waals surface area contributed by atoms with E-state index in [-0.39, 0.29) is 6.04 Å². The number of nitrogens with two attached hydrogens (primary N) is 1. The van der Waals surface area contributed by atoms with E-state index in [1.807, 2.05) is 6.33 Å². The van der Waals surface area contributed by atoms with Crippen LogP contribution >= 0.6 is 0 Å². The number of hydrogen-bond donors (Lipinski definition) is 1. The summed E-state index contributed by atoms with van der Waals surface area (Å²) in [5, 5.41) is 0. The maximum Gasteiger partial charge on any atom is 0.0954 e. The molecule has 0 spiro atoms. The zero-order valence-corrected chi connectivity index (χ0v) is 9.74. The van der Waals surface area contributed by atoms with Crippen LogP contribution in [0.25, 0.3) is 0 Å². The molecule has 2 unspecified atom stereocenters. The third kappa shape index (κ3) is 2.23. The van der Waals surface area contributed by atoms with Gasteiger partial charge < -0.3 is 10.3 Å². The molecule has 0 aliphatic heterocycles. The molecule has 0 saturated heterocycles. The highest BCUT2D eigenvalue weighted by atomic mass is 15.1. The Morgan fingerprint density at radius 1 is 1.40 bits per heavy atom. The van der Waals surface area contributed by atoms with Crippen LogP contribution in [0.15, 0.2) is 6.33 Å². The molecule has 2 N–H and O–H groups in total. The molecule has 1 aliphatic rings. The van der Waals surface area contributed by atoms with Crippen molar-refractivity contribution in [1.29, 1.82) is 0 Å². The molecule has 1 aromatic rings. The minimum Gasteiger partial charge on any atom is -0.331 e. The van der Waals surface area contributed by atoms with Gasteiger partial charge in [0.1, 0.15) is 0 Å². The van der Waals surface area contributed by atoms with E-state index in [9.17, 15) is 0 Å². The molecule has 0 saturated carbocycles. The van der Waals surface area contributed by atoms with Crippen molar-refractivity contribution in [3.8, 4) is 0 Å². The first-order chi connectivity index (χ1) is 7.18. The Morgan fingerprint density at radius 3 is 2.87 bits per heavy atom. The summed E-state index contributed by atoms with van der Waals surface area (Å²) >= 11 is 0. The molecule has 15 heavy (non-hydrogen) atoms. The SMILES string of the molecule is CC(N)CC(C)n1cnc2c1CCCC2. The van der Waals surface area contributed by atoms with Gasteiger partial charge in [-0.25, -0.2) is 4.98 Å². The molecule has 0 radical (unpaired) electrons. The molecule has 1 aliphatic carbocycles. The number of hydrogen-bond acceptors (Lipinski definition) is 2. The second kappa shape index (κ2) is 4.35. The molecular weight excluding hydrogens is 186 g/mol. The van der Waals surface area contributed by atoms with Crippen LogP contribution < -0.4 is 5.73 Å². The van der Waals surface area contributed by atoms with Gasteiger partial charge in [-0.15, -0.1) is 0 Å². The van der Waals surface area contributed by atoms with Gasteiger partial charge in [-0.2, -0.15) is 0 Å². The Morgan fingerprint density at radius 2 is 2.13 bits per heavy atom. The van der Waals surface area contributed by atoms with Gasteiger partial charge >= 0.3 is 0 Å². The number of rotatable bonds is 3. The van der Waals surface area contributed by atoms with E-state index in [0.29, 0.717) is 6.04 Å². The quantitative estimate of drug-likeness (QED) is 0.824. The van der Waals surface area contributed by atoms with E-state index in [0.717, 1.165) is 12.8 Å². The minimum atomic E-state index is 0.265. The van der Waals surface area contributed by atoms with Gasteiger partial charge in [0.05, 0.1) is 12.0 Å². The van der Waals surface area contributed by atoms with Gasteiger partial charge in [0.25, 0.3) is 0 Å². The largest absolute Gasteiger partial charge is 0.331 e. The van der Waals surface area contributed by atoms with Crippen LogP contribution in [-0.2, 0) is 12.8 Å². The van der Waals surface area contributed by atoms with Gasteiger partial charge in [0.2, 0.25) is 0 Å². The van der Waals surface area contributed by atoms with Crippen molar-refractivity contribution in [2.45, 2.75) is 58.0 Å². The lowest BCUT2D eigenvalue weighted by Crippen LogP contribution is -2.21. The average Bonchev–Trinajstić information content (AvgIpc) is 2.59. The summed E-state index contributed by atoms with van der Waals surface area (Å²) in [4.78, 5) is 4.51. The zero-order chi connectivity index (χ0) is 10.8. The Labute approximate surface area is 91.7 Å². The van der Waals surface area contributed by atoms with Crippen LogP contribution in [0.4, 0.5) is 0 Å². The van der Waals surface area contributed by atoms with E-state index in [1.54, 1.807) is 0 Å². The molecule has 1 heterocycles. The fourth-order valence-corrected chi connectivity index (χ4v) is 2.52. The van der Waals surface area contributed by atoms with Crippen molar-refractivity contribution in [2.75, 3.05) is 0 Å². The van der Waals surface area contributed by atoms with Crippen molar-refractivity contribution in [1.82, 2.24) is 9.55 Å². The van der Waals surface area contributed by atoms with Crippen molar-refractivity contribution in [3.63, 3.8) is 0 Å². The van der Waals surface area contributed by atoms with E-state index in [1.165, 1.54) is 30.7 Å². The first-order valence-corrected chi connectivity index (χ1v) is 5.98. The molecule has 0 fully saturated rings. The highest BCUT2D eigenvalue weighted by Crippen LogP contribution is 2.24. The van der Waals surface area contributed by atoms with Gasteiger partial charge in [-0.1, -0.05) is 0 Å². The fourth-order valence-electron chi connectivity index (χ4n) is 2.52. The van der Waals surface area contributed by atoms with E-state index >= 15 is 0 Å². The molecule has 0 bridgehead atoms. The maximum atomic E-state index is 5.84. The Kier molecular flexibility index (Phi) is 3.10. The third-order valence-electron chi connectivity index (χ3n) is 3.25. The predicted octanol–water partition coefficient (Wildman–Crippen LogP) is 2.06. The molecule has 3 heteroatoms. The van der Waals surface area contributed by atoms with Crippen LogP contribution in [0.1, 0.15) is 50.5 Å². The summed E-state index contributed by atoms with van der Waals surface area (Å²) < 4.78 is 2.33. The summed E-state index contributed by atoms with van der Waals surface area (Å²) in [5.41, 5.74) is 8.61. The standard InChI is InChI=1S/C12H21N3/c1-9(13)7-10(2)15-8-14-11-5-3-4-6-12(11)15/h8-10H,3-7,13H2,1-2H3. The summed E-state index contributed by atoms with van der Waals surface area (Å²) in [6.07, 6.45) is 7.99. The van der Waals surface area contributed by atoms with Crippen molar-refractivity contribution < 1.29 is 0 Å². The van der Waals surface area contributed by atoms with Crippen LogP contribution in [0.3, 0.4) is 0 Å². The summed E-state index contributed by atoms with van der Waals surface area (Å²) in [6, 6.07) is 0.751. The highest BCUT2D eigenvalue weighted by molar-refractivity contribution is 5.17. The van der Waals surface area contributed by atoms with Crippen molar-refractivity contribution in [3.05, 3.63) is 17.7 Å². The first-order valence-electron chi connectivity index (χ1n) is 5.98. The van der Waals surface area contributed by atoms with Gasteiger partial charge in [-0.3, -0.25) is 0 Å². The molecule has 0 aromatic carbocycles. The van der Waals surface area contributed by atoms with Gasteiger partial charge in [0, 0.05) is 17.8 Å². The van der Waals surface area contributed by atoms with Crippen LogP contribution in [0.2, 0.25) is 0 Å². The molecule has 0 amide bonds. The fraction of sp³-hybridized carbons (Fsp3) is 0.750. The van der Waals surface area contributed by atoms with Gasteiger partial charge in [0.15, 0.2) is 0 Å². The minimum absolute atomic E-state index is 0.265. The Hall–Kier alpha value is -0.830. The van der Waals surface area contributed by atoms with Crippen molar-refractivity contribution in [2.24, 2.45) is 5.73 Å². The van der Waals surface area contributed by atoms with Crippen molar-refractivity contribution >= 4 is 0 Å². The number of fused-ring (bicyclic) bond motifs is 1. The lowest BCUT2D eigenvalue weighted by molar-refractivity contribution is 0.447. The predicted molar refractivity (Wildman–Crippen MR) is 61.8 cm³/mol. The molecule has 2 atom stereocenters. The summed E-state index contributed by atoms with van der Waals surface area (Å²) in [5.74, 6) is 0. The lowest BCUT2D eigenvalue weighted by atomic mass is 10.0. The van der Waals surface area contributed by atoms with Crippen LogP contribution in [-0.4, -0.2) is 15.6 Å². The smallest absolute Gasteiger partial charge is 0.0954 e. The lowest BCUT2D eigenvalue weighted by Gasteiger charge is -2.20. The zero-order valence-electron chi connectivity index (χ0n) is 9.74. The molecule has 2 rings (SSSR count). The number of aromatic nitrogens is 2. The normalized spacial score (nSPS) is 19.7. The van der Waals surface area contributed by atoms with Crippen LogP contribution in [0.5, 0.6) is 0 Å². The van der Waals surface area contributed by atoms with E-state index < -0.39 is 0 Å². The first kappa shape index (κ1) is 10.7. The topological polar surface area (TPSA) is 43.8 Å². The number of nitrogens with zero attached hydrogens (tertiary/aromatic N) is 2. The molecule has 3 nitrogen and oxygen atoms in total. The van der Waals surface area contributed by atoms with E-state index in [2.05, 4.69) is 23.4 Å². The second-order valence-corrected chi connectivity index (χ2v) is 4.81. The van der Waals surface area contributed by atoms with E-state index in [4.69, 9.17) is 5.73 Å². The molecule has 1 aromatic heterocycles. The molecule has 84 valence electrons. The summed E-state index contributed by atoms with van der Waals surface area (Å²) in [6.45, 7) is 4.31. The third-order valence-corrected chi connectivity index (χ3v) is 3.25. The monoisotopic (exact) mass is 207 g/mol. The summed E-state index contributed by atoms with van der Waals surface area (Å²) in [7, 11) is 0. The van der Waals surface area contributed by atoms with Gasteiger partial charge in [-0.05, 0) is 46.0 Å². The Balaban J connectivity index is 2.17. The number of aryl methyl sites for hydroxylation is 1. The van der Waals surface area contributed by atoms with Crippen LogP contribution in [0, 0.1) is 0 Å². The maximum absolute atomic E-state index is 5.84.